The molecule has 0 aliphatic heterocycles. The van der Waals surface area contributed by atoms with E-state index in [0.717, 1.165) is 26.2 Å². The first-order chi connectivity index (χ1) is 9.29. The van der Waals surface area contributed by atoms with Gasteiger partial charge in [-0.25, -0.2) is 0 Å². The molecule has 0 aliphatic rings. The lowest BCUT2D eigenvalue weighted by atomic mass is 10.1. The Bertz CT molecular complexity index is 736. The Labute approximate surface area is 119 Å². The zero-order chi connectivity index (χ0) is 13.2. The van der Waals surface area contributed by atoms with Gasteiger partial charge in [0.05, 0.1) is 10.6 Å². The van der Waals surface area contributed by atoms with Crippen molar-refractivity contribution < 1.29 is 4.79 Å². The van der Waals surface area contributed by atoms with E-state index in [1.807, 2.05) is 48.5 Å². The van der Waals surface area contributed by atoms with Gasteiger partial charge in [-0.15, -0.1) is 11.3 Å². The molecule has 1 heterocycles. The maximum Gasteiger partial charge on any atom is 0.211 e. The van der Waals surface area contributed by atoms with Gasteiger partial charge in [0.25, 0.3) is 0 Å². The third kappa shape index (κ3) is 2.23. The molecule has 1 amide bonds. The zero-order valence-corrected chi connectivity index (χ0v) is 11.5. The zero-order valence-electron chi connectivity index (χ0n) is 9.89. The first-order valence-corrected chi connectivity index (χ1v) is 6.96. The Morgan fingerprint density at radius 2 is 1.89 bits per heavy atom. The number of nitrogens with one attached hydrogen (secondary N) is 1. The van der Waals surface area contributed by atoms with Crippen molar-refractivity contribution in [3.63, 3.8) is 0 Å². The van der Waals surface area contributed by atoms with Gasteiger partial charge in [-0.3, -0.25) is 4.79 Å². The number of anilines is 1. The SMILES string of the molecule is O=CNc1c(-c2ccccc2)sc2ccc(Cl)cc12. The van der Waals surface area contributed by atoms with Crippen molar-refractivity contribution in [3.8, 4) is 10.4 Å². The average Bonchev–Trinajstić information content (AvgIpc) is 2.79. The fraction of sp³-hybridized carbons (Fsp3) is 0. The number of carbonyl (C=O) groups is 1. The van der Waals surface area contributed by atoms with Crippen molar-refractivity contribution in [1.82, 2.24) is 0 Å². The predicted molar refractivity (Wildman–Crippen MR) is 82.0 cm³/mol. The molecule has 3 rings (SSSR count). The van der Waals surface area contributed by atoms with E-state index in [2.05, 4.69) is 5.32 Å². The average molecular weight is 288 g/mol. The van der Waals surface area contributed by atoms with E-state index in [0.29, 0.717) is 11.4 Å². The first kappa shape index (κ1) is 12.2. The maximum atomic E-state index is 10.8. The number of hydrogen-bond acceptors (Lipinski definition) is 2. The van der Waals surface area contributed by atoms with Crippen molar-refractivity contribution in [2.45, 2.75) is 0 Å². The van der Waals surface area contributed by atoms with Crippen molar-refractivity contribution in [3.05, 3.63) is 53.6 Å². The standard InChI is InChI=1S/C15H10ClNOS/c16-11-6-7-13-12(8-11)14(17-9-18)15(19-13)10-4-2-1-3-5-10/h1-9H,(H,17,18). The Balaban J connectivity index is 2.29. The Morgan fingerprint density at radius 3 is 2.63 bits per heavy atom. The van der Waals surface area contributed by atoms with Crippen LogP contribution in [0.25, 0.3) is 20.5 Å². The second-order valence-corrected chi connectivity index (χ2v) is 5.56. The van der Waals surface area contributed by atoms with Crippen LogP contribution in [0, 0.1) is 0 Å². The monoisotopic (exact) mass is 287 g/mol. The van der Waals surface area contributed by atoms with Gasteiger partial charge in [0.2, 0.25) is 6.41 Å². The molecule has 0 fully saturated rings. The van der Waals surface area contributed by atoms with E-state index in [-0.39, 0.29) is 0 Å². The van der Waals surface area contributed by atoms with Crippen LogP contribution in [-0.4, -0.2) is 6.41 Å². The summed E-state index contributed by atoms with van der Waals surface area (Å²) in [6, 6.07) is 15.7. The lowest BCUT2D eigenvalue weighted by molar-refractivity contribution is -0.105. The molecule has 94 valence electrons. The molecule has 1 N–H and O–H groups in total. The molecule has 0 radical (unpaired) electrons. The summed E-state index contributed by atoms with van der Waals surface area (Å²) in [7, 11) is 0. The van der Waals surface area contributed by atoms with Gasteiger partial charge in [-0.2, -0.15) is 0 Å². The predicted octanol–water partition coefficient (Wildman–Crippen LogP) is 4.79. The fourth-order valence-electron chi connectivity index (χ4n) is 2.06. The number of fused-ring (bicyclic) bond motifs is 1. The number of hydrogen-bond donors (Lipinski definition) is 1. The highest BCUT2D eigenvalue weighted by Crippen LogP contribution is 2.43. The molecule has 0 bridgehead atoms. The summed E-state index contributed by atoms with van der Waals surface area (Å²) in [4.78, 5) is 11.9. The third-order valence-corrected chi connectivity index (χ3v) is 4.34. The van der Waals surface area contributed by atoms with Crippen LogP contribution < -0.4 is 5.32 Å². The van der Waals surface area contributed by atoms with Gasteiger partial charge in [0, 0.05) is 15.1 Å². The highest BCUT2D eigenvalue weighted by molar-refractivity contribution is 7.23. The largest absolute Gasteiger partial charge is 0.327 e. The van der Waals surface area contributed by atoms with Gasteiger partial charge >= 0.3 is 0 Å². The minimum absolute atomic E-state index is 0.666. The normalized spacial score (nSPS) is 10.6. The minimum Gasteiger partial charge on any atom is -0.327 e. The highest BCUT2D eigenvalue weighted by atomic mass is 35.5. The molecule has 19 heavy (non-hydrogen) atoms. The second kappa shape index (κ2) is 5.03. The number of halogens is 1. The molecule has 2 nitrogen and oxygen atoms in total. The van der Waals surface area contributed by atoms with Gasteiger partial charge in [-0.05, 0) is 23.8 Å². The lowest BCUT2D eigenvalue weighted by Gasteiger charge is -2.02. The van der Waals surface area contributed by atoms with Crippen molar-refractivity contribution in [2.75, 3.05) is 5.32 Å². The van der Waals surface area contributed by atoms with Crippen LogP contribution in [0.1, 0.15) is 0 Å². The number of rotatable bonds is 3. The van der Waals surface area contributed by atoms with Crippen LogP contribution in [0.5, 0.6) is 0 Å². The summed E-state index contributed by atoms with van der Waals surface area (Å²) in [5, 5.41) is 4.44. The first-order valence-electron chi connectivity index (χ1n) is 5.77. The summed E-state index contributed by atoms with van der Waals surface area (Å²) in [5.74, 6) is 0. The topological polar surface area (TPSA) is 29.1 Å². The Kier molecular flexibility index (Phi) is 3.23. The quantitative estimate of drug-likeness (QED) is 0.690. The summed E-state index contributed by atoms with van der Waals surface area (Å²) in [5.41, 5.74) is 1.91. The minimum atomic E-state index is 0.666. The molecule has 0 atom stereocenters. The number of benzene rings is 2. The Morgan fingerprint density at radius 1 is 1.11 bits per heavy atom. The van der Waals surface area contributed by atoms with Crippen LogP contribution in [0.15, 0.2) is 48.5 Å². The molecule has 1 aromatic heterocycles. The van der Waals surface area contributed by atoms with Crippen LogP contribution in [0.2, 0.25) is 5.02 Å². The molecule has 0 spiro atoms. The smallest absolute Gasteiger partial charge is 0.211 e. The van der Waals surface area contributed by atoms with Crippen molar-refractivity contribution in [2.24, 2.45) is 0 Å². The third-order valence-electron chi connectivity index (χ3n) is 2.89. The molecule has 0 unspecified atom stereocenters. The highest BCUT2D eigenvalue weighted by Gasteiger charge is 2.13. The second-order valence-electron chi connectivity index (χ2n) is 4.07. The summed E-state index contributed by atoms with van der Waals surface area (Å²) in [6.07, 6.45) is 0.703. The van der Waals surface area contributed by atoms with Gasteiger partial charge in [0.15, 0.2) is 0 Å². The summed E-state index contributed by atoms with van der Waals surface area (Å²) >= 11 is 7.68. The van der Waals surface area contributed by atoms with Crippen LogP contribution in [-0.2, 0) is 4.79 Å². The van der Waals surface area contributed by atoms with Crippen LogP contribution >= 0.6 is 22.9 Å². The van der Waals surface area contributed by atoms with Crippen molar-refractivity contribution in [1.29, 1.82) is 0 Å². The molecular weight excluding hydrogens is 278 g/mol. The fourth-order valence-corrected chi connectivity index (χ4v) is 3.39. The molecule has 3 aromatic rings. The summed E-state index contributed by atoms with van der Waals surface area (Å²) < 4.78 is 1.10. The van der Waals surface area contributed by atoms with E-state index in [1.54, 1.807) is 11.3 Å². The molecule has 2 aromatic carbocycles. The van der Waals surface area contributed by atoms with Gasteiger partial charge in [0.1, 0.15) is 0 Å². The molecule has 0 aliphatic carbocycles. The lowest BCUT2D eigenvalue weighted by Crippen LogP contribution is -1.93. The maximum absolute atomic E-state index is 10.8. The Hall–Kier alpha value is -1.84. The van der Waals surface area contributed by atoms with Gasteiger partial charge in [-0.1, -0.05) is 41.9 Å². The van der Waals surface area contributed by atoms with Crippen LogP contribution in [0.4, 0.5) is 5.69 Å². The number of carbonyl (C=O) groups excluding carboxylic acids is 1. The van der Waals surface area contributed by atoms with Gasteiger partial charge < -0.3 is 5.32 Å². The van der Waals surface area contributed by atoms with E-state index in [1.165, 1.54) is 0 Å². The molecular formula is C15H10ClNOS. The number of thiophene rings is 1. The van der Waals surface area contributed by atoms with E-state index in [9.17, 15) is 4.79 Å². The number of amides is 1. The molecule has 0 saturated heterocycles. The molecule has 4 heteroatoms. The summed E-state index contributed by atoms with van der Waals surface area (Å²) in [6.45, 7) is 0. The van der Waals surface area contributed by atoms with Crippen molar-refractivity contribution >= 4 is 45.1 Å². The van der Waals surface area contributed by atoms with Crippen LogP contribution in [0.3, 0.4) is 0 Å². The van der Waals surface area contributed by atoms with E-state index >= 15 is 0 Å². The van der Waals surface area contributed by atoms with E-state index < -0.39 is 0 Å². The van der Waals surface area contributed by atoms with E-state index in [4.69, 9.17) is 11.6 Å². The molecule has 0 saturated carbocycles.